The number of aliphatic carboxylic acids is 3. The summed E-state index contributed by atoms with van der Waals surface area (Å²) in [5.41, 5.74) is 1.89. The van der Waals surface area contributed by atoms with Crippen molar-refractivity contribution in [1.82, 2.24) is 5.32 Å². The van der Waals surface area contributed by atoms with E-state index in [4.69, 9.17) is 15.3 Å². The van der Waals surface area contributed by atoms with Crippen LogP contribution in [0.5, 0.6) is 0 Å². The minimum Gasteiger partial charge on any atom is -0.480 e. The van der Waals surface area contributed by atoms with E-state index in [-0.39, 0.29) is 0 Å². The molecule has 0 bridgehead atoms. The highest BCUT2D eigenvalue weighted by Gasteiger charge is 2.22. The van der Waals surface area contributed by atoms with Crippen molar-refractivity contribution in [3.05, 3.63) is 78.4 Å². The van der Waals surface area contributed by atoms with Gasteiger partial charge in [0, 0.05) is 11.1 Å². The van der Waals surface area contributed by atoms with E-state index in [1.807, 2.05) is 72.8 Å². The van der Waals surface area contributed by atoms with Crippen LogP contribution in [0.4, 0.5) is 5.69 Å². The summed E-state index contributed by atoms with van der Waals surface area (Å²) in [6, 6.07) is 20.9. The molecule has 3 atom stereocenters. The number of carbonyl (C=O) groups is 3. The summed E-state index contributed by atoms with van der Waals surface area (Å²) in [4.78, 5) is 32.5. The van der Waals surface area contributed by atoms with E-state index in [0.29, 0.717) is 12.8 Å². The number of benzene rings is 3. The van der Waals surface area contributed by atoms with Crippen LogP contribution in [0.1, 0.15) is 25.8 Å². The number of carboxylic acids is 3. The van der Waals surface area contributed by atoms with Crippen molar-refractivity contribution in [3.8, 4) is 0 Å². The van der Waals surface area contributed by atoms with Crippen LogP contribution in [-0.4, -0.2) is 51.4 Å². The summed E-state index contributed by atoms with van der Waals surface area (Å²) in [5, 5.41) is 34.3. The Bertz CT molecular complexity index is 1100. The molecule has 0 aromatic heterocycles. The molecule has 0 aliphatic heterocycles. The second kappa shape index (κ2) is 13.0. The minimum atomic E-state index is -1.05. The molecular weight excluding hydrogens is 436 g/mol. The molecule has 0 radical (unpaired) electrons. The number of hydrogen-bond acceptors (Lipinski definition) is 5. The molecule has 0 fully saturated rings. The van der Waals surface area contributed by atoms with E-state index in [0.717, 1.165) is 22.0 Å². The fourth-order valence-electron chi connectivity index (χ4n) is 3.25. The van der Waals surface area contributed by atoms with E-state index in [1.165, 1.54) is 6.92 Å². The lowest BCUT2D eigenvalue weighted by atomic mass is 10.0. The zero-order chi connectivity index (χ0) is 25.1. The Balaban J connectivity index is 0.000000241. The average Bonchev–Trinajstić information content (AvgIpc) is 2.82. The summed E-state index contributed by atoms with van der Waals surface area (Å²) in [5.74, 6) is -2.94. The molecule has 34 heavy (non-hydrogen) atoms. The Morgan fingerprint density at radius 1 is 0.735 bits per heavy atom. The van der Waals surface area contributed by atoms with Crippen LogP contribution in [0, 0.1) is 0 Å². The van der Waals surface area contributed by atoms with Crippen molar-refractivity contribution in [2.45, 2.75) is 44.8 Å². The van der Waals surface area contributed by atoms with Crippen LogP contribution in [0.15, 0.2) is 72.8 Å². The van der Waals surface area contributed by atoms with Gasteiger partial charge >= 0.3 is 17.9 Å². The average molecular weight is 467 g/mol. The van der Waals surface area contributed by atoms with Crippen LogP contribution in [-0.2, 0) is 20.8 Å². The van der Waals surface area contributed by atoms with Gasteiger partial charge in [-0.25, -0.2) is 0 Å². The predicted octanol–water partition coefficient (Wildman–Crippen LogP) is 3.86. The number of aryl methyl sites for hydroxylation is 1. The van der Waals surface area contributed by atoms with Crippen LogP contribution in [0.2, 0.25) is 0 Å². The van der Waals surface area contributed by atoms with Crippen molar-refractivity contribution in [3.63, 3.8) is 0 Å². The Morgan fingerprint density at radius 2 is 1.32 bits per heavy atom. The zero-order valence-corrected chi connectivity index (χ0v) is 19.1. The Hall–Kier alpha value is -3.91. The predicted molar refractivity (Wildman–Crippen MR) is 131 cm³/mol. The standard InChI is InChI=1S/C13H17NO4.C13H13NO2/c1-9(12(15)16)14-11(13(17)18)8-7-10-5-3-2-4-6-10;1-9(13(15)16)14-12-8-4-6-10-5-2-3-7-11(10)12/h2-6,9,11,14H,7-8H2,1H3,(H,15,16)(H,17,18);2-9,14H,1H3,(H,15,16)/t9-,11+;/m1./s1. The Morgan fingerprint density at radius 3 is 1.94 bits per heavy atom. The van der Waals surface area contributed by atoms with Crippen LogP contribution in [0.3, 0.4) is 0 Å². The molecule has 0 heterocycles. The molecule has 0 saturated carbocycles. The Labute approximate surface area is 198 Å². The second-order valence-corrected chi connectivity index (χ2v) is 7.87. The van der Waals surface area contributed by atoms with Gasteiger partial charge in [-0.3, -0.25) is 19.7 Å². The molecule has 8 heteroatoms. The molecule has 0 amide bonds. The summed E-state index contributed by atoms with van der Waals surface area (Å²) in [7, 11) is 0. The fraction of sp³-hybridized carbons (Fsp3) is 0.269. The van der Waals surface area contributed by atoms with Crippen molar-refractivity contribution in [2.24, 2.45) is 0 Å². The van der Waals surface area contributed by atoms with Crippen molar-refractivity contribution in [2.75, 3.05) is 5.32 Å². The summed E-state index contributed by atoms with van der Waals surface area (Å²) in [6.07, 6.45) is 0.952. The van der Waals surface area contributed by atoms with Crippen LogP contribution < -0.4 is 10.6 Å². The lowest BCUT2D eigenvalue weighted by Gasteiger charge is -2.17. The molecule has 0 aliphatic carbocycles. The molecule has 0 spiro atoms. The number of anilines is 1. The first-order valence-corrected chi connectivity index (χ1v) is 10.9. The number of hydrogen-bond donors (Lipinski definition) is 5. The van der Waals surface area contributed by atoms with Gasteiger partial charge in [-0.1, -0.05) is 66.7 Å². The Kier molecular flexibility index (Phi) is 10.0. The highest BCUT2D eigenvalue weighted by molar-refractivity contribution is 5.95. The lowest BCUT2D eigenvalue weighted by Crippen LogP contribution is -2.45. The largest absolute Gasteiger partial charge is 0.480 e. The molecule has 0 saturated heterocycles. The van der Waals surface area contributed by atoms with Gasteiger partial charge in [-0.05, 0) is 43.7 Å². The number of fused-ring (bicyclic) bond motifs is 1. The van der Waals surface area contributed by atoms with Gasteiger partial charge in [-0.2, -0.15) is 0 Å². The van der Waals surface area contributed by atoms with Crippen molar-refractivity contribution in [1.29, 1.82) is 0 Å². The summed E-state index contributed by atoms with van der Waals surface area (Å²) >= 11 is 0. The van der Waals surface area contributed by atoms with Gasteiger partial charge < -0.3 is 20.6 Å². The molecular formula is C26H30N2O6. The first kappa shape index (κ1) is 26.3. The molecule has 3 aromatic rings. The fourth-order valence-corrected chi connectivity index (χ4v) is 3.25. The van der Waals surface area contributed by atoms with E-state index < -0.39 is 36.0 Å². The lowest BCUT2D eigenvalue weighted by molar-refractivity contribution is -0.142. The van der Waals surface area contributed by atoms with Gasteiger partial charge in [0.05, 0.1) is 0 Å². The van der Waals surface area contributed by atoms with Gasteiger partial charge in [0.25, 0.3) is 0 Å². The van der Waals surface area contributed by atoms with Crippen molar-refractivity contribution >= 4 is 34.4 Å². The molecule has 180 valence electrons. The maximum absolute atomic E-state index is 11.0. The minimum absolute atomic E-state index is 0.358. The summed E-state index contributed by atoms with van der Waals surface area (Å²) in [6.45, 7) is 3.06. The zero-order valence-electron chi connectivity index (χ0n) is 19.1. The van der Waals surface area contributed by atoms with E-state index >= 15 is 0 Å². The molecule has 3 rings (SSSR count). The third-order valence-electron chi connectivity index (χ3n) is 5.22. The highest BCUT2D eigenvalue weighted by Crippen LogP contribution is 2.23. The SMILES string of the molecule is CC(Nc1cccc2ccccc12)C(=O)O.C[C@@H](N[C@@H](CCc1ccccc1)C(=O)O)C(=O)O. The normalized spacial score (nSPS) is 13.1. The molecule has 1 unspecified atom stereocenters. The number of rotatable bonds is 10. The molecule has 8 nitrogen and oxygen atoms in total. The third-order valence-corrected chi connectivity index (χ3v) is 5.22. The van der Waals surface area contributed by atoms with Gasteiger partial charge in [0.1, 0.15) is 18.1 Å². The number of nitrogens with one attached hydrogen (secondary N) is 2. The van der Waals surface area contributed by atoms with Crippen LogP contribution >= 0.6 is 0 Å². The third kappa shape index (κ3) is 8.22. The molecule has 3 aromatic carbocycles. The van der Waals surface area contributed by atoms with Crippen molar-refractivity contribution < 1.29 is 29.7 Å². The van der Waals surface area contributed by atoms with E-state index in [9.17, 15) is 14.4 Å². The maximum atomic E-state index is 11.0. The second-order valence-electron chi connectivity index (χ2n) is 7.87. The van der Waals surface area contributed by atoms with E-state index in [1.54, 1.807) is 6.92 Å². The smallest absolute Gasteiger partial charge is 0.325 e. The first-order valence-electron chi connectivity index (χ1n) is 10.9. The topological polar surface area (TPSA) is 136 Å². The van der Waals surface area contributed by atoms with Gasteiger partial charge in [0.15, 0.2) is 0 Å². The van der Waals surface area contributed by atoms with E-state index in [2.05, 4.69) is 10.6 Å². The number of carboxylic acid groups (broad SMARTS) is 3. The monoisotopic (exact) mass is 466 g/mol. The van der Waals surface area contributed by atoms with Gasteiger partial charge in [-0.15, -0.1) is 0 Å². The maximum Gasteiger partial charge on any atom is 0.325 e. The quantitative estimate of drug-likeness (QED) is 0.304. The van der Waals surface area contributed by atoms with Crippen LogP contribution in [0.25, 0.3) is 10.8 Å². The highest BCUT2D eigenvalue weighted by atomic mass is 16.4. The molecule has 0 aliphatic rings. The first-order chi connectivity index (χ1) is 16.2. The van der Waals surface area contributed by atoms with Gasteiger partial charge in [0.2, 0.25) is 0 Å². The summed E-state index contributed by atoms with van der Waals surface area (Å²) < 4.78 is 0. The molecule has 5 N–H and O–H groups in total.